The van der Waals surface area contributed by atoms with Gasteiger partial charge in [0.1, 0.15) is 12.4 Å². The Morgan fingerprint density at radius 1 is 0.923 bits per heavy atom. The van der Waals surface area contributed by atoms with Gasteiger partial charge in [-0.05, 0) is 59.7 Å². The van der Waals surface area contributed by atoms with Gasteiger partial charge in [-0.2, -0.15) is 0 Å². The van der Waals surface area contributed by atoms with Crippen LogP contribution in [0.4, 0.5) is 0 Å². The van der Waals surface area contributed by atoms with Gasteiger partial charge in [-0.15, -0.1) is 0 Å². The van der Waals surface area contributed by atoms with E-state index in [1.54, 1.807) is 24.3 Å². The maximum absolute atomic E-state index is 11.8. The Balaban J connectivity index is 1.51. The predicted octanol–water partition coefficient (Wildman–Crippen LogP) is 5.11. The maximum Gasteiger partial charge on any atom is 0.365 e. The van der Waals surface area contributed by atoms with Crippen LogP contribution in [0.3, 0.4) is 0 Å². The molecule has 130 valence electrons. The zero-order valence-electron chi connectivity index (χ0n) is 13.8. The van der Waals surface area contributed by atoms with Crippen LogP contribution in [-0.2, 0) is 11.4 Å². The number of carbonyl (C=O) groups is 1. The molecule has 3 aromatic rings. The molecule has 0 fully saturated rings. The van der Waals surface area contributed by atoms with Crippen LogP contribution >= 0.6 is 11.6 Å². The van der Waals surface area contributed by atoms with E-state index in [1.165, 1.54) is 6.21 Å². The summed E-state index contributed by atoms with van der Waals surface area (Å²) in [5, 5.41) is 4.27. The molecule has 0 saturated carbocycles. The van der Waals surface area contributed by atoms with Gasteiger partial charge < -0.3 is 9.57 Å². The van der Waals surface area contributed by atoms with E-state index in [9.17, 15) is 4.79 Å². The molecule has 0 N–H and O–H groups in total. The molecule has 0 heterocycles. The minimum absolute atomic E-state index is 0.385. The molecular weight excluding hydrogens is 350 g/mol. The second-order valence-corrected chi connectivity index (χ2v) is 5.90. The zero-order valence-corrected chi connectivity index (χ0v) is 14.6. The quantitative estimate of drug-likeness (QED) is 0.346. The van der Waals surface area contributed by atoms with E-state index in [0.717, 1.165) is 16.9 Å². The lowest BCUT2D eigenvalue weighted by Crippen LogP contribution is -2.00. The van der Waals surface area contributed by atoms with Crippen molar-refractivity contribution in [1.29, 1.82) is 0 Å². The molecule has 0 aliphatic heterocycles. The lowest BCUT2D eigenvalue weighted by molar-refractivity contribution is 0.0519. The van der Waals surface area contributed by atoms with E-state index in [0.29, 0.717) is 17.2 Å². The number of oxime groups is 1. The topological polar surface area (TPSA) is 47.9 Å². The number of halogens is 1. The molecule has 0 aromatic heterocycles. The molecule has 0 radical (unpaired) electrons. The van der Waals surface area contributed by atoms with Crippen molar-refractivity contribution < 1.29 is 14.4 Å². The molecular formula is C21H16ClNO3. The molecule has 5 heteroatoms. The summed E-state index contributed by atoms with van der Waals surface area (Å²) in [5.74, 6) is 0.213. The van der Waals surface area contributed by atoms with Crippen molar-refractivity contribution in [3.63, 3.8) is 0 Å². The second-order valence-electron chi connectivity index (χ2n) is 5.46. The number of ether oxygens (including phenoxy) is 1. The molecule has 0 aliphatic carbocycles. The number of hydrogen-bond donors (Lipinski definition) is 0. The molecule has 0 saturated heterocycles. The molecule has 0 aliphatic rings. The van der Waals surface area contributed by atoms with Crippen molar-refractivity contribution in [2.45, 2.75) is 6.61 Å². The molecule has 0 atom stereocenters. The van der Waals surface area contributed by atoms with E-state index in [1.807, 2.05) is 54.6 Å². The van der Waals surface area contributed by atoms with E-state index >= 15 is 0 Å². The van der Waals surface area contributed by atoms with Gasteiger partial charge in [0.05, 0.1) is 11.8 Å². The lowest BCUT2D eigenvalue weighted by atomic mass is 10.2. The van der Waals surface area contributed by atoms with Crippen LogP contribution in [0, 0.1) is 0 Å². The summed E-state index contributed by atoms with van der Waals surface area (Å²) >= 11 is 5.78. The standard InChI is InChI=1S/C21H16ClNO3/c22-19-10-8-18(9-11-19)21(24)26-23-14-16-6-12-20(13-7-16)25-15-17-4-2-1-3-5-17/h1-14H,15H2/b23-14+. The largest absolute Gasteiger partial charge is 0.489 e. The summed E-state index contributed by atoms with van der Waals surface area (Å²) in [4.78, 5) is 16.7. The molecule has 26 heavy (non-hydrogen) atoms. The van der Waals surface area contributed by atoms with Gasteiger partial charge in [-0.1, -0.05) is 47.1 Å². The first-order valence-corrected chi connectivity index (χ1v) is 8.35. The van der Waals surface area contributed by atoms with Crippen LogP contribution in [0.15, 0.2) is 84.0 Å². The summed E-state index contributed by atoms with van der Waals surface area (Å²) in [6, 6.07) is 23.7. The van der Waals surface area contributed by atoms with Crippen molar-refractivity contribution in [3.8, 4) is 5.75 Å². The Morgan fingerprint density at radius 2 is 1.62 bits per heavy atom. The van der Waals surface area contributed by atoms with Gasteiger partial charge in [0.15, 0.2) is 0 Å². The van der Waals surface area contributed by atoms with Gasteiger partial charge in [0, 0.05) is 5.02 Å². The fourth-order valence-electron chi connectivity index (χ4n) is 2.16. The molecule has 0 bridgehead atoms. The third-order valence-corrected chi connectivity index (χ3v) is 3.80. The van der Waals surface area contributed by atoms with Gasteiger partial charge in [0.2, 0.25) is 0 Å². The second kappa shape index (κ2) is 8.83. The summed E-state index contributed by atoms with van der Waals surface area (Å²) < 4.78 is 5.72. The Hall–Kier alpha value is -3.11. The normalized spacial score (nSPS) is 10.7. The number of rotatable bonds is 6. The van der Waals surface area contributed by atoms with Crippen molar-refractivity contribution in [3.05, 3.63) is 101 Å². The third-order valence-electron chi connectivity index (χ3n) is 3.55. The van der Waals surface area contributed by atoms with Crippen LogP contribution in [0.5, 0.6) is 5.75 Å². The van der Waals surface area contributed by atoms with Crippen LogP contribution in [0.2, 0.25) is 5.02 Å². The Bertz CT molecular complexity index is 875. The zero-order chi connectivity index (χ0) is 18.2. The number of hydrogen-bond acceptors (Lipinski definition) is 4. The maximum atomic E-state index is 11.8. The summed E-state index contributed by atoms with van der Waals surface area (Å²) in [5.41, 5.74) is 2.28. The summed E-state index contributed by atoms with van der Waals surface area (Å²) in [6.45, 7) is 0.507. The number of nitrogens with zero attached hydrogens (tertiary/aromatic N) is 1. The first-order valence-electron chi connectivity index (χ1n) is 7.98. The monoisotopic (exact) mass is 365 g/mol. The molecule has 3 aromatic carbocycles. The van der Waals surface area contributed by atoms with Crippen LogP contribution in [0.1, 0.15) is 21.5 Å². The number of carbonyl (C=O) groups excluding carboxylic acids is 1. The van der Waals surface area contributed by atoms with Crippen LogP contribution in [-0.4, -0.2) is 12.2 Å². The highest BCUT2D eigenvalue weighted by molar-refractivity contribution is 6.30. The molecule has 3 rings (SSSR count). The molecule has 0 spiro atoms. The van der Waals surface area contributed by atoms with Crippen molar-refractivity contribution in [2.75, 3.05) is 0 Å². The average Bonchev–Trinajstić information content (AvgIpc) is 2.68. The fraction of sp³-hybridized carbons (Fsp3) is 0.0476. The Morgan fingerprint density at radius 3 is 2.31 bits per heavy atom. The SMILES string of the molecule is O=C(O/N=C/c1ccc(OCc2ccccc2)cc1)c1ccc(Cl)cc1. The average molecular weight is 366 g/mol. The predicted molar refractivity (Wildman–Crippen MR) is 102 cm³/mol. The van der Waals surface area contributed by atoms with Crippen molar-refractivity contribution in [1.82, 2.24) is 0 Å². The summed E-state index contributed by atoms with van der Waals surface area (Å²) in [7, 11) is 0. The molecule has 0 unspecified atom stereocenters. The molecule has 4 nitrogen and oxygen atoms in total. The molecule has 0 amide bonds. The highest BCUT2D eigenvalue weighted by atomic mass is 35.5. The van der Waals surface area contributed by atoms with Crippen LogP contribution in [0.25, 0.3) is 0 Å². The fourth-order valence-corrected chi connectivity index (χ4v) is 2.29. The third kappa shape index (κ3) is 5.19. The summed E-state index contributed by atoms with van der Waals surface area (Å²) in [6.07, 6.45) is 1.47. The van der Waals surface area contributed by atoms with Crippen molar-refractivity contribution in [2.24, 2.45) is 5.16 Å². The first kappa shape index (κ1) is 17.7. The first-order chi connectivity index (χ1) is 12.7. The lowest BCUT2D eigenvalue weighted by Gasteiger charge is -2.06. The Labute approximate surface area is 156 Å². The van der Waals surface area contributed by atoms with Gasteiger partial charge >= 0.3 is 5.97 Å². The van der Waals surface area contributed by atoms with Gasteiger partial charge in [0.25, 0.3) is 0 Å². The minimum atomic E-state index is -0.541. The smallest absolute Gasteiger partial charge is 0.365 e. The highest BCUT2D eigenvalue weighted by Crippen LogP contribution is 2.14. The van der Waals surface area contributed by atoms with E-state index < -0.39 is 5.97 Å². The van der Waals surface area contributed by atoms with Gasteiger partial charge in [-0.3, -0.25) is 0 Å². The minimum Gasteiger partial charge on any atom is -0.489 e. The van der Waals surface area contributed by atoms with Gasteiger partial charge in [-0.25, -0.2) is 4.79 Å². The van der Waals surface area contributed by atoms with E-state index in [-0.39, 0.29) is 0 Å². The van der Waals surface area contributed by atoms with Crippen LogP contribution < -0.4 is 4.74 Å². The Kier molecular flexibility index (Phi) is 6.01. The number of benzene rings is 3. The highest BCUT2D eigenvalue weighted by Gasteiger charge is 2.06. The van der Waals surface area contributed by atoms with Crippen molar-refractivity contribution >= 4 is 23.8 Å². The van der Waals surface area contributed by atoms with E-state index in [2.05, 4.69) is 5.16 Å². The van der Waals surface area contributed by atoms with E-state index in [4.69, 9.17) is 21.2 Å².